The molecule has 22 heavy (non-hydrogen) atoms. The van der Waals surface area contributed by atoms with Crippen LogP contribution in [0.3, 0.4) is 0 Å². The standard InChI is InChI=1S/C18H30N2O2/c1-14(2)18(13-22-3)19-17-7-5-4-6-15(17)12-20-10-8-16(21)9-11-20/h4-7,14,16,18-19,21H,8-13H2,1-3H3. The molecule has 0 saturated carbocycles. The molecule has 1 aromatic carbocycles. The van der Waals surface area contributed by atoms with E-state index in [0.29, 0.717) is 18.6 Å². The molecular formula is C18H30N2O2. The second kappa shape index (κ2) is 8.51. The smallest absolute Gasteiger partial charge is 0.0666 e. The molecule has 0 radical (unpaired) electrons. The number of aliphatic hydroxyl groups is 1. The van der Waals surface area contributed by atoms with E-state index < -0.39 is 0 Å². The normalized spacial score (nSPS) is 18.6. The fourth-order valence-electron chi connectivity index (χ4n) is 2.90. The fourth-order valence-corrected chi connectivity index (χ4v) is 2.90. The van der Waals surface area contributed by atoms with Gasteiger partial charge in [0.05, 0.1) is 18.8 Å². The van der Waals surface area contributed by atoms with Crippen molar-refractivity contribution in [1.82, 2.24) is 4.90 Å². The van der Waals surface area contributed by atoms with E-state index in [4.69, 9.17) is 4.74 Å². The van der Waals surface area contributed by atoms with Crippen LogP contribution >= 0.6 is 0 Å². The molecule has 4 heteroatoms. The summed E-state index contributed by atoms with van der Waals surface area (Å²) in [6.07, 6.45) is 1.65. The minimum Gasteiger partial charge on any atom is -0.393 e. The third kappa shape index (κ3) is 4.97. The number of para-hydroxylation sites is 1. The van der Waals surface area contributed by atoms with Crippen molar-refractivity contribution < 1.29 is 9.84 Å². The fraction of sp³-hybridized carbons (Fsp3) is 0.667. The van der Waals surface area contributed by atoms with Crippen molar-refractivity contribution in [3.05, 3.63) is 29.8 Å². The average molecular weight is 306 g/mol. The van der Waals surface area contributed by atoms with E-state index in [1.807, 2.05) is 0 Å². The van der Waals surface area contributed by atoms with E-state index in [9.17, 15) is 5.11 Å². The van der Waals surface area contributed by atoms with Crippen LogP contribution in [0.1, 0.15) is 32.3 Å². The molecule has 1 saturated heterocycles. The number of hydrogen-bond donors (Lipinski definition) is 2. The lowest BCUT2D eigenvalue weighted by atomic mass is 10.0. The first-order chi connectivity index (χ1) is 10.6. The summed E-state index contributed by atoms with van der Waals surface area (Å²) < 4.78 is 5.34. The number of likely N-dealkylation sites (tertiary alicyclic amines) is 1. The van der Waals surface area contributed by atoms with Gasteiger partial charge in [0.2, 0.25) is 0 Å². The summed E-state index contributed by atoms with van der Waals surface area (Å²) in [4.78, 5) is 2.42. The SMILES string of the molecule is COCC(Nc1ccccc1CN1CCC(O)CC1)C(C)C. The predicted octanol–water partition coefficient (Wildman–Crippen LogP) is 2.73. The second-order valence-corrected chi connectivity index (χ2v) is 6.61. The summed E-state index contributed by atoms with van der Waals surface area (Å²) in [7, 11) is 1.75. The number of ether oxygens (including phenoxy) is 1. The zero-order chi connectivity index (χ0) is 15.9. The van der Waals surface area contributed by atoms with Crippen LogP contribution in [-0.2, 0) is 11.3 Å². The van der Waals surface area contributed by atoms with Gasteiger partial charge in [0.25, 0.3) is 0 Å². The zero-order valence-electron chi connectivity index (χ0n) is 14.1. The zero-order valence-corrected chi connectivity index (χ0v) is 14.1. The van der Waals surface area contributed by atoms with Crippen LogP contribution in [0.2, 0.25) is 0 Å². The Labute approximate surface area is 134 Å². The van der Waals surface area contributed by atoms with Gasteiger partial charge in [-0.25, -0.2) is 0 Å². The number of nitrogens with zero attached hydrogens (tertiary/aromatic N) is 1. The number of aliphatic hydroxyl groups excluding tert-OH is 1. The van der Waals surface area contributed by atoms with Gasteiger partial charge < -0.3 is 15.2 Å². The van der Waals surface area contributed by atoms with Crippen molar-refractivity contribution >= 4 is 5.69 Å². The lowest BCUT2D eigenvalue weighted by Gasteiger charge is -2.31. The summed E-state index contributed by atoms with van der Waals surface area (Å²) in [5.74, 6) is 0.512. The molecular weight excluding hydrogens is 276 g/mol. The molecule has 1 unspecified atom stereocenters. The van der Waals surface area contributed by atoms with E-state index in [2.05, 4.69) is 48.3 Å². The minimum atomic E-state index is -0.114. The van der Waals surface area contributed by atoms with Crippen LogP contribution in [0.15, 0.2) is 24.3 Å². The van der Waals surface area contributed by atoms with E-state index >= 15 is 0 Å². The highest BCUT2D eigenvalue weighted by Gasteiger charge is 2.19. The van der Waals surface area contributed by atoms with Crippen molar-refractivity contribution in [2.24, 2.45) is 5.92 Å². The third-order valence-corrected chi connectivity index (χ3v) is 4.46. The number of methoxy groups -OCH3 is 1. The Balaban J connectivity index is 2.02. The monoisotopic (exact) mass is 306 g/mol. The maximum absolute atomic E-state index is 9.63. The van der Waals surface area contributed by atoms with Crippen LogP contribution in [0.4, 0.5) is 5.69 Å². The third-order valence-electron chi connectivity index (χ3n) is 4.46. The molecule has 1 atom stereocenters. The molecule has 1 aliphatic rings. The molecule has 124 valence electrons. The Morgan fingerprint density at radius 2 is 1.95 bits per heavy atom. The largest absolute Gasteiger partial charge is 0.393 e. The molecule has 0 spiro atoms. The summed E-state index contributed by atoms with van der Waals surface area (Å²) in [6.45, 7) is 8.02. The Hall–Kier alpha value is -1.10. The molecule has 0 bridgehead atoms. The van der Waals surface area contributed by atoms with Crippen molar-refractivity contribution in [3.63, 3.8) is 0 Å². The molecule has 1 aromatic rings. The van der Waals surface area contributed by atoms with Gasteiger partial charge in [-0.15, -0.1) is 0 Å². The van der Waals surface area contributed by atoms with Crippen LogP contribution in [0.25, 0.3) is 0 Å². The predicted molar refractivity (Wildman–Crippen MR) is 91.1 cm³/mol. The molecule has 0 aliphatic carbocycles. The van der Waals surface area contributed by atoms with E-state index in [0.717, 1.165) is 32.5 Å². The molecule has 1 fully saturated rings. The maximum Gasteiger partial charge on any atom is 0.0666 e. The van der Waals surface area contributed by atoms with Gasteiger partial charge in [0, 0.05) is 32.4 Å². The van der Waals surface area contributed by atoms with Crippen LogP contribution in [-0.4, -0.2) is 49.0 Å². The first-order valence-corrected chi connectivity index (χ1v) is 8.34. The molecule has 2 rings (SSSR count). The van der Waals surface area contributed by atoms with Crippen LogP contribution in [0, 0.1) is 5.92 Å². The first kappa shape index (κ1) is 17.3. The molecule has 0 aromatic heterocycles. The minimum absolute atomic E-state index is 0.114. The van der Waals surface area contributed by atoms with Gasteiger partial charge in [-0.3, -0.25) is 4.90 Å². The Morgan fingerprint density at radius 1 is 1.27 bits per heavy atom. The van der Waals surface area contributed by atoms with Gasteiger partial charge in [-0.1, -0.05) is 32.0 Å². The molecule has 1 aliphatic heterocycles. The average Bonchev–Trinajstić information content (AvgIpc) is 2.50. The number of piperidine rings is 1. The molecule has 0 amide bonds. The topological polar surface area (TPSA) is 44.7 Å². The summed E-state index contributed by atoms with van der Waals surface area (Å²) in [5.41, 5.74) is 2.52. The van der Waals surface area contributed by atoms with Gasteiger partial charge in [-0.2, -0.15) is 0 Å². The Bertz CT molecular complexity index is 442. The van der Waals surface area contributed by atoms with E-state index in [1.165, 1.54) is 11.3 Å². The van der Waals surface area contributed by atoms with Gasteiger partial charge in [-0.05, 0) is 30.4 Å². The van der Waals surface area contributed by atoms with Gasteiger partial charge >= 0.3 is 0 Å². The Kier molecular flexibility index (Phi) is 6.68. The summed E-state index contributed by atoms with van der Waals surface area (Å²) in [6, 6.07) is 8.83. The Morgan fingerprint density at radius 3 is 2.59 bits per heavy atom. The lowest BCUT2D eigenvalue weighted by molar-refractivity contribution is 0.0793. The molecule has 4 nitrogen and oxygen atoms in total. The highest BCUT2D eigenvalue weighted by Crippen LogP contribution is 2.22. The van der Waals surface area contributed by atoms with Crippen LogP contribution < -0.4 is 5.32 Å². The maximum atomic E-state index is 9.63. The van der Waals surface area contributed by atoms with Crippen molar-refractivity contribution in [2.45, 2.75) is 45.4 Å². The number of anilines is 1. The molecule has 1 heterocycles. The highest BCUT2D eigenvalue weighted by atomic mass is 16.5. The number of hydrogen-bond acceptors (Lipinski definition) is 4. The van der Waals surface area contributed by atoms with Crippen LogP contribution in [0.5, 0.6) is 0 Å². The van der Waals surface area contributed by atoms with Crippen molar-refractivity contribution in [3.8, 4) is 0 Å². The number of benzene rings is 1. The summed E-state index contributed by atoms with van der Waals surface area (Å²) in [5, 5.41) is 13.3. The van der Waals surface area contributed by atoms with Gasteiger partial charge in [0.1, 0.15) is 0 Å². The van der Waals surface area contributed by atoms with Crippen molar-refractivity contribution in [2.75, 3.05) is 32.1 Å². The van der Waals surface area contributed by atoms with Crippen molar-refractivity contribution in [1.29, 1.82) is 0 Å². The number of rotatable bonds is 7. The van der Waals surface area contributed by atoms with Gasteiger partial charge in [0.15, 0.2) is 0 Å². The number of nitrogens with one attached hydrogen (secondary N) is 1. The summed E-state index contributed by atoms with van der Waals surface area (Å²) >= 11 is 0. The lowest BCUT2D eigenvalue weighted by Crippen LogP contribution is -2.36. The first-order valence-electron chi connectivity index (χ1n) is 8.34. The van der Waals surface area contributed by atoms with E-state index in [-0.39, 0.29) is 6.10 Å². The second-order valence-electron chi connectivity index (χ2n) is 6.61. The highest BCUT2D eigenvalue weighted by molar-refractivity contribution is 5.52. The quantitative estimate of drug-likeness (QED) is 0.813. The molecule has 2 N–H and O–H groups in total. The van der Waals surface area contributed by atoms with E-state index in [1.54, 1.807) is 7.11 Å².